The normalized spacial score (nSPS) is 21.9. The summed E-state index contributed by atoms with van der Waals surface area (Å²) in [6.45, 7) is 21.3. The highest BCUT2D eigenvalue weighted by Gasteiger charge is 2.33. The highest BCUT2D eigenvalue weighted by atomic mass is 15.2. The number of rotatable bonds is 7. The van der Waals surface area contributed by atoms with Gasteiger partial charge in [-0.3, -0.25) is 0 Å². The van der Waals surface area contributed by atoms with Crippen LogP contribution in [0.1, 0.15) is 67.7 Å². The number of nitrogens with zero attached hydrogens (tertiary/aromatic N) is 1. The van der Waals surface area contributed by atoms with E-state index in [0.717, 1.165) is 18.4 Å². The van der Waals surface area contributed by atoms with Crippen molar-refractivity contribution in [1.82, 2.24) is 10.2 Å². The molecule has 0 amide bonds. The molecule has 2 nitrogen and oxygen atoms in total. The summed E-state index contributed by atoms with van der Waals surface area (Å²) < 4.78 is 0. The second-order valence-corrected chi connectivity index (χ2v) is 8.34. The molecule has 2 heteroatoms. The van der Waals surface area contributed by atoms with Gasteiger partial charge in [0.2, 0.25) is 0 Å². The zero-order valence-corrected chi connectivity index (χ0v) is 15.1. The van der Waals surface area contributed by atoms with Gasteiger partial charge < -0.3 is 10.2 Å². The van der Waals surface area contributed by atoms with Crippen LogP contribution in [0.5, 0.6) is 0 Å². The van der Waals surface area contributed by atoms with Crippen LogP contribution in [-0.4, -0.2) is 36.6 Å². The Kier molecular flexibility index (Phi) is 6.53. The van der Waals surface area contributed by atoms with Crippen molar-refractivity contribution >= 4 is 0 Å². The van der Waals surface area contributed by atoms with Crippen molar-refractivity contribution in [2.75, 3.05) is 26.2 Å². The highest BCUT2D eigenvalue weighted by Crippen LogP contribution is 2.31. The van der Waals surface area contributed by atoms with Crippen LogP contribution < -0.4 is 5.32 Å². The first kappa shape index (κ1) is 18.0. The summed E-state index contributed by atoms with van der Waals surface area (Å²) in [6, 6.07) is 0. The van der Waals surface area contributed by atoms with Gasteiger partial charge in [-0.25, -0.2) is 0 Å². The summed E-state index contributed by atoms with van der Waals surface area (Å²) >= 11 is 0. The molecule has 1 aliphatic heterocycles. The van der Waals surface area contributed by atoms with Gasteiger partial charge in [-0.2, -0.15) is 0 Å². The SMILES string of the molecule is CCC(CC)(CNC(C)(C)C)CN1CCC(C(C)C)C1. The topological polar surface area (TPSA) is 15.3 Å². The van der Waals surface area contributed by atoms with Crippen molar-refractivity contribution in [3.8, 4) is 0 Å². The predicted octanol–water partition coefficient (Wildman–Crippen LogP) is 4.16. The summed E-state index contributed by atoms with van der Waals surface area (Å²) in [4.78, 5) is 2.72. The van der Waals surface area contributed by atoms with Crippen LogP contribution in [0.15, 0.2) is 0 Å². The van der Waals surface area contributed by atoms with E-state index in [-0.39, 0.29) is 5.54 Å². The molecule has 0 aromatic rings. The molecule has 1 unspecified atom stereocenters. The molecule has 0 bridgehead atoms. The van der Waals surface area contributed by atoms with E-state index in [9.17, 15) is 0 Å². The summed E-state index contributed by atoms with van der Waals surface area (Å²) in [7, 11) is 0. The maximum Gasteiger partial charge on any atom is 0.00967 e. The zero-order chi connectivity index (χ0) is 15.4. The molecule has 0 saturated carbocycles. The van der Waals surface area contributed by atoms with Crippen molar-refractivity contribution in [3.05, 3.63) is 0 Å². The predicted molar refractivity (Wildman–Crippen MR) is 90.2 cm³/mol. The van der Waals surface area contributed by atoms with Crippen LogP contribution in [0, 0.1) is 17.3 Å². The Bertz CT molecular complexity index is 274. The summed E-state index contributed by atoms with van der Waals surface area (Å²) in [5.74, 6) is 1.75. The average Bonchev–Trinajstić information content (AvgIpc) is 2.82. The van der Waals surface area contributed by atoms with Gasteiger partial charge in [0, 0.05) is 25.2 Å². The highest BCUT2D eigenvalue weighted by molar-refractivity contribution is 4.88. The van der Waals surface area contributed by atoms with E-state index >= 15 is 0 Å². The molecule has 0 aliphatic carbocycles. The van der Waals surface area contributed by atoms with Crippen molar-refractivity contribution in [3.63, 3.8) is 0 Å². The maximum atomic E-state index is 3.75. The van der Waals surface area contributed by atoms with Gasteiger partial charge in [0.25, 0.3) is 0 Å². The molecule has 0 aromatic heterocycles. The summed E-state index contributed by atoms with van der Waals surface area (Å²) in [5, 5.41) is 3.75. The van der Waals surface area contributed by atoms with Gasteiger partial charge in [-0.1, -0.05) is 27.7 Å². The molecule has 1 rings (SSSR count). The molecule has 1 fully saturated rings. The van der Waals surface area contributed by atoms with E-state index < -0.39 is 0 Å². The first-order valence-electron chi connectivity index (χ1n) is 8.69. The molecule has 1 aliphatic rings. The summed E-state index contributed by atoms with van der Waals surface area (Å²) in [5.41, 5.74) is 0.667. The second kappa shape index (κ2) is 7.26. The number of nitrogens with one attached hydrogen (secondary N) is 1. The van der Waals surface area contributed by atoms with Gasteiger partial charge in [-0.05, 0) is 63.8 Å². The van der Waals surface area contributed by atoms with Crippen LogP contribution in [-0.2, 0) is 0 Å². The molecule has 0 radical (unpaired) electrons. The Morgan fingerprint density at radius 2 is 1.75 bits per heavy atom. The quantitative estimate of drug-likeness (QED) is 0.754. The number of likely N-dealkylation sites (tertiary alicyclic amines) is 1. The number of hydrogen-bond donors (Lipinski definition) is 1. The smallest absolute Gasteiger partial charge is 0.00967 e. The molecule has 1 N–H and O–H groups in total. The fourth-order valence-corrected chi connectivity index (χ4v) is 3.26. The second-order valence-electron chi connectivity index (χ2n) is 8.34. The molecule has 0 aromatic carbocycles. The van der Waals surface area contributed by atoms with E-state index in [2.05, 4.69) is 58.7 Å². The molecular weight excluding hydrogens is 244 g/mol. The monoisotopic (exact) mass is 282 g/mol. The van der Waals surface area contributed by atoms with Gasteiger partial charge in [0.15, 0.2) is 0 Å². The molecule has 1 atom stereocenters. The van der Waals surface area contributed by atoms with Gasteiger partial charge >= 0.3 is 0 Å². The lowest BCUT2D eigenvalue weighted by atomic mass is 9.81. The minimum Gasteiger partial charge on any atom is -0.311 e. The molecule has 120 valence electrons. The van der Waals surface area contributed by atoms with Crippen LogP contribution in [0.25, 0.3) is 0 Å². The third kappa shape index (κ3) is 5.37. The number of hydrogen-bond acceptors (Lipinski definition) is 2. The fraction of sp³-hybridized carbons (Fsp3) is 1.00. The minimum absolute atomic E-state index is 0.223. The van der Waals surface area contributed by atoms with E-state index in [1.807, 2.05) is 0 Å². The van der Waals surface area contributed by atoms with Crippen LogP contribution in [0.2, 0.25) is 0 Å². The Labute approximate surface area is 127 Å². The third-order valence-electron chi connectivity index (χ3n) is 5.30. The van der Waals surface area contributed by atoms with E-state index in [1.165, 1.54) is 38.9 Å². The van der Waals surface area contributed by atoms with Crippen LogP contribution in [0.4, 0.5) is 0 Å². The third-order valence-corrected chi connectivity index (χ3v) is 5.30. The largest absolute Gasteiger partial charge is 0.311 e. The molecule has 20 heavy (non-hydrogen) atoms. The Hall–Kier alpha value is -0.0800. The van der Waals surface area contributed by atoms with Crippen molar-refractivity contribution in [2.45, 2.75) is 73.3 Å². The van der Waals surface area contributed by atoms with E-state index in [0.29, 0.717) is 5.41 Å². The van der Waals surface area contributed by atoms with Gasteiger partial charge in [0.05, 0.1) is 0 Å². The maximum absolute atomic E-state index is 3.75. The van der Waals surface area contributed by atoms with E-state index in [4.69, 9.17) is 0 Å². The molecule has 1 heterocycles. The van der Waals surface area contributed by atoms with E-state index in [1.54, 1.807) is 0 Å². The Morgan fingerprint density at radius 3 is 2.15 bits per heavy atom. The molecular formula is C18H38N2. The minimum atomic E-state index is 0.223. The lowest BCUT2D eigenvalue weighted by Gasteiger charge is -2.38. The van der Waals surface area contributed by atoms with Crippen molar-refractivity contribution in [2.24, 2.45) is 17.3 Å². The van der Waals surface area contributed by atoms with Gasteiger partial charge in [0.1, 0.15) is 0 Å². The van der Waals surface area contributed by atoms with Crippen molar-refractivity contribution < 1.29 is 0 Å². The Morgan fingerprint density at radius 1 is 1.15 bits per heavy atom. The average molecular weight is 283 g/mol. The first-order valence-corrected chi connectivity index (χ1v) is 8.69. The van der Waals surface area contributed by atoms with Crippen LogP contribution >= 0.6 is 0 Å². The fourth-order valence-electron chi connectivity index (χ4n) is 3.26. The molecule has 0 spiro atoms. The zero-order valence-electron chi connectivity index (χ0n) is 15.1. The first-order chi connectivity index (χ1) is 9.21. The van der Waals surface area contributed by atoms with Gasteiger partial charge in [-0.15, -0.1) is 0 Å². The molecule has 1 saturated heterocycles. The lowest BCUT2D eigenvalue weighted by Crippen LogP contribution is -2.48. The standard InChI is InChI=1S/C18H38N2/c1-8-18(9-2,13-19-17(5,6)7)14-20-11-10-16(12-20)15(3)4/h15-16,19H,8-14H2,1-7H3. The van der Waals surface area contributed by atoms with Crippen molar-refractivity contribution in [1.29, 1.82) is 0 Å². The van der Waals surface area contributed by atoms with Crippen LogP contribution in [0.3, 0.4) is 0 Å². The Balaban J connectivity index is 2.58. The lowest BCUT2D eigenvalue weighted by molar-refractivity contribution is 0.139. The summed E-state index contributed by atoms with van der Waals surface area (Å²) in [6.07, 6.45) is 3.94.